The fourth-order valence-corrected chi connectivity index (χ4v) is 3.04. The molecule has 2 unspecified atom stereocenters. The average Bonchev–Trinajstić information content (AvgIpc) is 2.71. The molecule has 1 aliphatic heterocycles. The summed E-state index contributed by atoms with van der Waals surface area (Å²) < 4.78 is 14.1. The van der Waals surface area contributed by atoms with Gasteiger partial charge < -0.3 is 5.32 Å². The van der Waals surface area contributed by atoms with E-state index in [4.69, 9.17) is 11.6 Å². The molecule has 2 atom stereocenters. The van der Waals surface area contributed by atoms with Crippen molar-refractivity contribution in [3.8, 4) is 0 Å². The number of halogens is 2. The van der Waals surface area contributed by atoms with Crippen molar-refractivity contribution >= 4 is 11.6 Å². The number of hydrogen-bond acceptors (Lipinski definition) is 2. The Bertz CT molecular complexity index is 436. The molecule has 4 heteroatoms. The Labute approximate surface area is 119 Å². The highest BCUT2D eigenvalue weighted by atomic mass is 35.5. The van der Waals surface area contributed by atoms with E-state index in [-0.39, 0.29) is 11.9 Å². The second kappa shape index (κ2) is 6.21. The van der Waals surface area contributed by atoms with Crippen LogP contribution < -0.4 is 5.32 Å². The van der Waals surface area contributed by atoms with Gasteiger partial charge in [0.15, 0.2) is 0 Å². The van der Waals surface area contributed by atoms with Gasteiger partial charge in [0.1, 0.15) is 5.82 Å². The van der Waals surface area contributed by atoms with Crippen molar-refractivity contribution in [3.05, 3.63) is 34.6 Å². The summed E-state index contributed by atoms with van der Waals surface area (Å²) in [6.45, 7) is 6.18. The fourth-order valence-electron chi connectivity index (χ4n) is 2.86. The normalized spacial score (nSPS) is 24.3. The van der Waals surface area contributed by atoms with Gasteiger partial charge in [-0.15, -0.1) is 0 Å². The molecule has 1 heterocycles. The largest absolute Gasteiger partial charge is 0.314 e. The highest BCUT2D eigenvalue weighted by molar-refractivity contribution is 6.30. The lowest BCUT2D eigenvalue weighted by atomic mass is 9.93. The molecule has 1 fully saturated rings. The van der Waals surface area contributed by atoms with E-state index in [1.807, 2.05) is 0 Å². The highest BCUT2D eigenvalue weighted by Crippen LogP contribution is 2.37. The Balaban J connectivity index is 2.21. The second-order valence-electron chi connectivity index (χ2n) is 5.70. The van der Waals surface area contributed by atoms with Crippen LogP contribution in [0.3, 0.4) is 0 Å². The Morgan fingerprint density at radius 2 is 2.21 bits per heavy atom. The molecule has 0 spiro atoms. The highest BCUT2D eigenvalue weighted by Gasteiger charge is 2.34. The first kappa shape index (κ1) is 14.8. The molecule has 0 bridgehead atoms. The van der Waals surface area contributed by atoms with E-state index in [1.54, 1.807) is 12.1 Å². The van der Waals surface area contributed by atoms with Crippen LogP contribution in [0, 0.1) is 11.7 Å². The predicted octanol–water partition coefficient (Wildman–Crippen LogP) is 3.47. The summed E-state index contributed by atoms with van der Waals surface area (Å²) in [6.07, 6.45) is 1.09. The van der Waals surface area contributed by atoms with Gasteiger partial charge in [-0.3, -0.25) is 4.90 Å². The SMILES string of the molecule is CC(C)NCC1CCN(C)C1c1cc(Cl)ccc1F. The van der Waals surface area contributed by atoms with Crippen molar-refractivity contribution in [2.45, 2.75) is 32.4 Å². The maximum Gasteiger partial charge on any atom is 0.128 e. The zero-order chi connectivity index (χ0) is 14.0. The Hall–Kier alpha value is -0.640. The molecule has 2 rings (SSSR count). The summed E-state index contributed by atoms with van der Waals surface area (Å²) in [5.41, 5.74) is 0.725. The van der Waals surface area contributed by atoms with Crippen LogP contribution in [-0.4, -0.2) is 31.1 Å². The summed E-state index contributed by atoms with van der Waals surface area (Å²) >= 11 is 6.02. The molecule has 0 radical (unpaired) electrons. The van der Waals surface area contributed by atoms with Crippen LogP contribution >= 0.6 is 11.6 Å². The molecule has 0 aliphatic carbocycles. The van der Waals surface area contributed by atoms with Gasteiger partial charge in [0, 0.05) is 29.2 Å². The van der Waals surface area contributed by atoms with Crippen LogP contribution in [0.4, 0.5) is 4.39 Å². The van der Waals surface area contributed by atoms with Gasteiger partial charge in [-0.25, -0.2) is 4.39 Å². The smallest absolute Gasteiger partial charge is 0.128 e. The molecular formula is C15H22ClFN2. The van der Waals surface area contributed by atoms with E-state index >= 15 is 0 Å². The minimum absolute atomic E-state index is 0.116. The zero-order valence-electron chi connectivity index (χ0n) is 11.8. The summed E-state index contributed by atoms with van der Waals surface area (Å²) in [7, 11) is 2.06. The number of nitrogens with one attached hydrogen (secondary N) is 1. The standard InChI is InChI=1S/C15H22ClFN2/c1-10(2)18-9-11-6-7-19(3)15(11)13-8-12(16)4-5-14(13)17/h4-5,8,10-11,15,18H,6-7,9H2,1-3H3. The lowest BCUT2D eigenvalue weighted by Gasteiger charge is -2.27. The molecule has 19 heavy (non-hydrogen) atoms. The van der Waals surface area contributed by atoms with Crippen LogP contribution in [0.15, 0.2) is 18.2 Å². The third-order valence-electron chi connectivity index (χ3n) is 3.84. The molecule has 0 saturated carbocycles. The average molecular weight is 285 g/mol. The lowest BCUT2D eigenvalue weighted by molar-refractivity contribution is 0.263. The number of nitrogens with zero attached hydrogens (tertiary/aromatic N) is 1. The molecule has 106 valence electrons. The molecule has 1 N–H and O–H groups in total. The van der Waals surface area contributed by atoms with Crippen molar-refractivity contribution in [2.75, 3.05) is 20.1 Å². The fraction of sp³-hybridized carbons (Fsp3) is 0.600. The Morgan fingerprint density at radius 3 is 2.89 bits per heavy atom. The van der Waals surface area contributed by atoms with Gasteiger partial charge in [0.05, 0.1) is 0 Å². The minimum Gasteiger partial charge on any atom is -0.314 e. The van der Waals surface area contributed by atoms with Crippen molar-refractivity contribution < 1.29 is 4.39 Å². The van der Waals surface area contributed by atoms with Crippen molar-refractivity contribution in [1.82, 2.24) is 10.2 Å². The van der Waals surface area contributed by atoms with Gasteiger partial charge in [-0.05, 0) is 44.1 Å². The maximum atomic E-state index is 14.1. The molecule has 1 aromatic rings. The van der Waals surface area contributed by atoms with Crippen molar-refractivity contribution in [1.29, 1.82) is 0 Å². The first-order valence-electron chi connectivity index (χ1n) is 6.87. The number of rotatable bonds is 4. The van der Waals surface area contributed by atoms with Crippen molar-refractivity contribution in [3.63, 3.8) is 0 Å². The summed E-state index contributed by atoms with van der Waals surface area (Å²) in [4.78, 5) is 2.22. The molecule has 1 aromatic carbocycles. The molecule has 1 aliphatic rings. The molecule has 1 saturated heterocycles. The molecule has 0 aromatic heterocycles. The van der Waals surface area contributed by atoms with Crippen LogP contribution in [0.2, 0.25) is 5.02 Å². The Morgan fingerprint density at radius 1 is 1.47 bits per heavy atom. The van der Waals surface area contributed by atoms with Crippen LogP contribution in [0.1, 0.15) is 31.9 Å². The van der Waals surface area contributed by atoms with E-state index in [0.717, 1.165) is 25.1 Å². The summed E-state index contributed by atoms with van der Waals surface area (Å²) in [5.74, 6) is 0.276. The first-order chi connectivity index (χ1) is 8.99. The molecule has 2 nitrogen and oxygen atoms in total. The quantitative estimate of drug-likeness (QED) is 0.911. The lowest BCUT2D eigenvalue weighted by Crippen LogP contribution is -2.32. The molecular weight excluding hydrogens is 263 g/mol. The summed E-state index contributed by atoms with van der Waals surface area (Å²) in [6, 6.07) is 5.42. The number of hydrogen-bond donors (Lipinski definition) is 1. The van der Waals surface area contributed by atoms with E-state index in [9.17, 15) is 4.39 Å². The maximum absolute atomic E-state index is 14.1. The zero-order valence-corrected chi connectivity index (χ0v) is 12.5. The third-order valence-corrected chi connectivity index (χ3v) is 4.07. The minimum atomic E-state index is -0.155. The van der Waals surface area contributed by atoms with Crippen LogP contribution in [0.25, 0.3) is 0 Å². The topological polar surface area (TPSA) is 15.3 Å². The van der Waals surface area contributed by atoms with Gasteiger partial charge in [0.25, 0.3) is 0 Å². The van der Waals surface area contributed by atoms with Crippen LogP contribution in [-0.2, 0) is 0 Å². The van der Waals surface area contributed by atoms with E-state index in [0.29, 0.717) is 17.0 Å². The second-order valence-corrected chi connectivity index (χ2v) is 6.14. The van der Waals surface area contributed by atoms with Gasteiger partial charge in [-0.1, -0.05) is 25.4 Å². The Kier molecular flexibility index (Phi) is 4.82. The monoisotopic (exact) mass is 284 g/mol. The number of likely N-dealkylation sites (tertiary alicyclic amines) is 1. The van der Waals surface area contributed by atoms with E-state index in [2.05, 4.69) is 31.1 Å². The summed E-state index contributed by atoms with van der Waals surface area (Å²) in [5, 5.41) is 4.06. The van der Waals surface area contributed by atoms with Crippen LogP contribution in [0.5, 0.6) is 0 Å². The van der Waals surface area contributed by atoms with Crippen molar-refractivity contribution in [2.24, 2.45) is 5.92 Å². The van der Waals surface area contributed by atoms with Gasteiger partial charge >= 0.3 is 0 Å². The number of benzene rings is 1. The predicted molar refractivity (Wildman–Crippen MR) is 78.0 cm³/mol. The first-order valence-corrected chi connectivity index (χ1v) is 7.25. The third kappa shape index (κ3) is 3.47. The van der Waals surface area contributed by atoms with Gasteiger partial charge in [0.2, 0.25) is 0 Å². The van der Waals surface area contributed by atoms with E-state index in [1.165, 1.54) is 6.07 Å². The van der Waals surface area contributed by atoms with Gasteiger partial charge in [-0.2, -0.15) is 0 Å². The van der Waals surface area contributed by atoms with E-state index < -0.39 is 0 Å². The molecule has 0 amide bonds.